The summed E-state index contributed by atoms with van der Waals surface area (Å²) < 4.78 is 0. The van der Waals surface area contributed by atoms with Crippen molar-refractivity contribution in [3.8, 4) is 0 Å². The smallest absolute Gasteiger partial charge is 0.0621 e. The molecule has 1 aromatic rings. The van der Waals surface area contributed by atoms with Crippen molar-refractivity contribution in [2.45, 2.75) is 51.5 Å². The lowest BCUT2D eigenvalue weighted by molar-refractivity contribution is 0.222. The molecule has 1 unspecified atom stereocenters. The van der Waals surface area contributed by atoms with E-state index in [2.05, 4.69) is 24.3 Å². The van der Waals surface area contributed by atoms with E-state index >= 15 is 0 Å². The van der Waals surface area contributed by atoms with Gasteiger partial charge in [0.25, 0.3) is 0 Å². The van der Waals surface area contributed by atoms with Crippen LogP contribution in [0.3, 0.4) is 0 Å². The third kappa shape index (κ3) is 3.93. The zero-order valence-corrected chi connectivity index (χ0v) is 12.8. The number of hydrogen-bond donors (Lipinski definition) is 1. The number of nitrogens with one attached hydrogen (secondary N) is 1. The summed E-state index contributed by atoms with van der Waals surface area (Å²) in [5.41, 5.74) is 1.22. The van der Waals surface area contributed by atoms with Crippen LogP contribution in [0.2, 0.25) is 5.02 Å². The first kappa shape index (κ1) is 14.8. The van der Waals surface area contributed by atoms with E-state index in [1.165, 1.54) is 37.7 Å². The van der Waals surface area contributed by atoms with Crippen molar-refractivity contribution in [3.63, 3.8) is 0 Å². The fraction of sp³-hybridized carbons (Fsp3) is 0.688. The van der Waals surface area contributed by atoms with Gasteiger partial charge in [-0.05, 0) is 49.8 Å². The molecule has 1 aromatic heterocycles. The molecule has 3 heteroatoms. The normalized spacial score (nSPS) is 25.2. The summed E-state index contributed by atoms with van der Waals surface area (Å²) in [7, 11) is 2.08. The van der Waals surface area contributed by atoms with Gasteiger partial charge in [-0.3, -0.25) is 4.98 Å². The molecule has 0 bridgehead atoms. The van der Waals surface area contributed by atoms with Crippen molar-refractivity contribution in [2.75, 3.05) is 7.05 Å². The van der Waals surface area contributed by atoms with Crippen molar-refractivity contribution in [3.05, 3.63) is 29.0 Å². The first-order chi connectivity index (χ1) is 9.24. The molecule has 19 heavy (non-hydrogen) atoms. The lowest BCUT2D eigenvalue weighted by atomic mass is 9.76. The molecule has 1 aliphatic carbocycles. The zero-order chi connectivity index (χ0) is 13.7. The monoisotopic (exact) mass is 280 g/mol. The van der Waals surface area contributed by atoms with Gasteiger partial charge < -0.3 is 5.32 Å². The molecule has 1 heterocycles. The summed E-state index contributed by atoms with van der Waals surface area (Å²) in [5.74, 6) is 1.75. The number of halogens is 1. The minimum absolute atomic E-state index is 0.540. The largest absolute Gasteiger partial charge is 0.316 e. The highest BCUT2D eigenvalue weighted by Gasteiger charge is 2.26. The van der Waals surface area contributed by atoms with E-state index in [-0.39, 0.29) is 0 Å². The quantitative estimate of drug-likeness (QED) is 0.879. The van der Waals surface area contributed by atoms with Gasteiger partial charge >= 0.3 is 0 Å². The molecular weight excluding hydrogens is 256 g/mol. The van der Waals surface area contributed by atoms with E-state index in [1.807, 2.05) is 12.3 Å². The first-order valence-corrected chi connectivity index (χ1v) is 7.88. The predicted octanol–water partition coefficient (Wildman–Crippen LogP) is 4.08. The standard InChI is InChI=1S/C16H25ClN2/c1-3-12-4-6-13(7-5-12)16(18-2)10-14-8-9-19-11-15(14)17/h8-9,11-13,16,18H,3-7,10H2,1-2H3. The molecule has 1 atom stereocenters. The lowest BCUT2D eigenvalue weighted by Crippen LogP contribution is -2.37. The maximum atomic E-state index is 6.22. The molecule has 2 nitrogen and oxygen atoms in total. The number of rotatable bonds is 5. The van der Waals surface area contributed by atoms with Gasteiger partial charge in [0.05, 0.1) is 5.02 Å². The third-order valence-corrected chi connectivity index (χ3v) is 5.05. The number of aromatic nitrogens is 1. The second-order valence-electron chi connectivity index (χ2n) is 5.76. The minimum atomic E-state index is 0.540. The molecule has 0 aliphatic heterocycles. The van der Waals surface area contributed by atoms with Crippen LogP contribution in [0.15, 0.2) is 18.5 Å². The third-order valence-electron chi connectivity index (χ3n) is 4.70. The molecule has 0 amide bonds. The Bertz CT molecular complexity index is 386. The summed E-state index contributed by atoms with van der Waals surface area (Å²) in [4.78, 5) is 4.06. The zero-order valence-electron chi connectivity index (χ0n) is 12.0. The molecule has 0 spiro atoms. The Hall–Kier alpha value is -0.600. The van der Waals surface area contributed by atoms with Crippen molar-refractivity contribution in [1.29, 1.82) is 0 Å². The highest BCUT2D eigenvalue weighted by Crippen LogP contribution is 2.33. The Morgan fingerprint density at radius 3 is 2.68 bits per heavy atom. The van der Waals surface area contributed by atoms with Crippen LogP contribution < -0.4 is 5.32 Å². The Morgan fingerprint density at radius 1 is 1.37 bits per heavy atom. The summed E-state index contributed by atoms with van der Waals surface area (Å²) >= 11 is 6.22. The van der Waals surface area contributed by atoms with Gasteiger partial charge in [0.15, 0.2) is 0 Å². The van der Waals surface area contributed by atoms with Crippen LogP contribution in [0.1, 0.15) is 44.6 Å². The van der Waals surface area contributed by atoms with Gasteiger partial charge in [0.2, 0.25) is 0 Å². The van der Waals surface area contributed by atoms with Crippen molar-refractivity contribution in [1.82, 2.24) is 10.3 Å². The Morgan fingerprint density at radius 2 is 2.11 bits per heavy atom. The van der Waals surface area contributed by atoms with E-state index < -0.39 is 0 Å². The van der Waals surface area contributed by atoms with Crippen molar-refractivity contribution >= 4 is 11.6 Å². The van der Waals surface area contributed by atoms with E-state index in [4.69, 9.17) is 11.6 Å². The molecule has 0 radical (unpaired) electrons. The molecular formula is C16H25ClN2. The summed E-state index contributed by atoms with van der Waals surface area (Å²) in [6.45, 7) is 2.32. The van der Waals surface area contributed by atoms with Gasteiger partial charge in [-0.15, -0.1) is 0 Å². The highest BCUT2D eigenvalue weighted by atomic mass is 35.5. The molecule has 1 saturated carbocycles. The number of likely N-dealkylation sites (N-methyl/N-ethyl adjacent to an activating group) is 1. The topological polar surface area (TPSA) is 24.9 Å². The fourth-order valence-electron chi connectivity index (χ4n) is 3.31. The van der Waals surface area contributed by atoms with Gasteiger partial charge in [-0.1, -0.05) is 37.8 Å². The van der Waals surface area contributed by atoms with Gasteiger partial charge in [-0.2, -0.15) is 0 Å². The average molecular weight is 281 g/mol. The summed E-state index contributed by atoms with van der Waals surface area (Å²) in [6.07, 6.45) is 11.4. The fourth-order valence-corrected chi connectivity index (χ4v) is 3.51. The molecule has 1 N–H and O–H groups in total. The molecule has 0 saturated heterocycles. The predicted molar refractivity (Wildman–Crippen MR) is 81.5 cm³/mol. The van der Waals surface area contributed by atoms with Gasteiger partial charge in [-0.25, -0.2) is 0 Å². The Kier molecular flexibility index (Phi) is 5.65. The van der Waals surface area contributed by atoms with Crippen LogP contribution in [0.4, 0.5) is 0 Å². The molecule has 106 valence electrons. The van der Waals surface area contributed by atoms with Crippen LogP contribution in [0.25, 0.3) is 0 Å². The highest BCUT2D eigenvalue weighted by molar-refractivity contribution is 6.31. The van der Waals surface area contributed by atoms with Crippen LogP contribution in [0.5, 0.6) is 0 Å². The average Bonchev–Trinajstić information content (AvgIpc) is 2.47. The SMILES string of the molecule is CCC1CCC(C(Cc2ccncc2Cl)NC)CC1. The number of nitrogens with zero attached hydrogens (tertiary/aromatic N) is 1. The van der Waals surface area contributed by atoms with Gasteiger partial charge in [0.1, 0.15) is 0 Å². The van der Waals surface area contributed by atoms with Crippen molar-refractivity contribution in [2.24, 2.45) is 11.8 Å². The number of hydrogen-bond acceptors (Lipinski definition) is 2. The van der Waals surface area contributed by atoms with E-state index in [0.29, 0.717) is 6.04 Å². The Labute approximate surface area is 122 Å². The van der Waals surface area contributed by atoms with E-state index in [0.717, 1.165) is 23.3 Å². The molecule has 1 aliphatic rings. The Balaban J connectivity index is 1.95. The maximum absolute atomic E-state index is 6.22. The van der Waals surface area contributed by atoms with E-state index in [1.54, 1.807) is 6.20 Å². The summed E-state index contributed by atoms with van der Waals surface area (Å²) in [6, 6.07) is 2.59. The second kappa shape index (κ2) is 7.25. The second-order valence-corrected chi connectivity index (χ2v) is 6.16. The number of pyridine rings is 1. The van der Waals surface area contributed by atoms with Gasteiger partial charge in [0, 0.05) is 18.4 Å². The maximum Gasteiger partial charge on any atom is 0.0621 e. The molecule has 1 fully saturated rings. The van der Waals surface area contributed by atoms with Crippen LogP contribution >= 0.6 is 11.6 Å². The minimum Gasteiger partial charge on any atom is -0.316 e. The van der Waals surface area contributed by atoms with Crippen LogP contribution in [-0.2, 0) is 6.42 Å². The summed E-state index contributed by atoms with van der Waals surface area (Å²) in [5, 5.41) is 4.30. The lowest BCUT2D eigenvalue weighted by Gasteiger charge is -2.33. The van der Waals surface area contributed by atoms with Crippen molar-refractivity contribution < 1.29 is 0 Å². The van der Waals surface area contributed by atoms with Crippen LogP contribution in [-0.4, -0.2) is 18.1 Å². The first-order valence-electron chi connectivity index (χ1n) is 7.50. The molecule has 2 rings (SSSR count). The van der Waals surface area contributed by atoms with E-state index in [9.17, 15) is 0 Å². The van der Waals surface area contributed by atoms with Crippen LogP contribution in [0, 0.1) is 11.8 Å². The molecule has 0 aromatic carbocycles.